The van der Waals surface area contributed by atoms with Crippen molar-refractivity contribution in [3.63, 3.8) is 0 Å². The Morgan fingerprint density at radius 2 is 1.82 bits per heavy atom. The van der Waals surface area contributed by atoms with Crippen molar-refractivity contribution in [2.24, 2.45) is 0 Å². The number of thiophene rings is 1. The zero-order valence-corrected chi connectivity index (χ0v) is 10.8. The van der Waals surface area contributed by atoms with Gasteiger partial charge in [-0.15, -0.1) is 11.3 Å². The van der Waals surface area contributed by atoms with Gasteiger partial charge >= 0.3 is 0 Å². The normalized spacial score (nSPS) is 10.4. The van der Waals surface area contributed by atoms with Crippen molar-refractivity contribution in [3.05, 3.63) is 48.0 Å². The van der Waals surface area contributed by atoms with Crippen LogP contribution in [0.25, 0.3) is 20.2 Å². The standard InChI is InChI=1S/C15H10S2/c16-9-3-4-11-7-8-15-13(10-11)12-5-1-2-6-14(12)17-15/h1-2,5-8,10,16H,9H2. The summed E-state index contributed by atoms with van der Waals surface area (Å²) in [5.41, 5.74) is 1.06. The lowest BCUT2D eigenvalue weighted by Gasteiger charge is -1.93. The first-order valence-electron chi connectivity index (χ1n) is 5.39. The number of benzene rings is 2. The van der Waals surface area contributed by atoms with Gasteiger partial charge in [-0.2, -0.15) is 12.6 Å². The van der Waals surface area contributed by atoms with Gasteiger partial charge in [0.2, 0.25) is 0 Å². The minimum Gasteiger partial charge on any atom is -0.166 e. The summed E-state index contributed by atoms with van der Waals surface area (Å²) in [6.07, 6.45) is 0. The molecular weight excluding hydrogens is 244 g/mol. The van der Waals surface area contributed by atoms with E-state index in [4.69, 9.17) is 0 Å². The maximum absolute atomic E-state index is 4.10. The van der Waals surface area contributed by atoms with Crippen LogP contribution in [0.2, 0.25) is 0 Å². The van der Waals surface area contributed by atoms with Gasteiger partial charge in [0, 0.05) is 25.7 Å². The maximum Gasteiger partial charge on any atom is 0.0521 e. The SMILES string of the molecule is SCC#Cc1ccc2sc3ccccc3c2c1. The molecular formula is C15H10S2. The average molecular weight is 254 g/mol. The molecule has 82 valence electrons. The summed E-state index contributed by atoms with van der Waals surface area (Å²) in [5.74, 6) is 6.71. The second kappa shape index (κ2) is 4.44. The summed E-state index contributed by atoms with van der Waals surface area (Å²) < 4.78 is 2.66. The van der Waals surface area contributed by atoms with E-state index in [9.17, 15) is 0 Å². The molecule has 0 saturated heterocycles. The number of hydrogen-bond acceptors (Lipinski definition) is 2. The molecule has 1 aromatic heterocycles. The Bertz CT molecular complexity index is 742. The van der Waals surface area contributed by atoms with E-state index < -0.39 is 0 Å². The van der Waals surface area contributed by atoms with Crippen molar-refractivity contribution < 1.29 is 0 Å². The molecule has 0 bridgehead atoms. The van der Waals surface area contributed by atoms with Crippen LogP contribution in [0.1, 0.15) is 5.56 Å². The van der Waals surface area contributed by atoms with E-state index in [2.05, 4.69) is 66.9 Å². The van der Waals surface area contributed by atoms with Gasteiger partial charge in [-0.1, -0.05) is 30.0 Å². The van der Waals surface area contributed by atoms with Gasteiger partial charge in [0.15, 0.2) is 0 Å². The Morgan fingerprint density at radius 3 is 2.71 bits per heavy atom. The second-order valence-electron chi connectivity index (χ2n) is 3.77. The van der Waals surface area contributed by atoms with E-state index in [-0.39, 0.29) is 0 Å². The van der Waals surface area contributed by atoms with Crippen molar-refractivity contribution in [2.45, 2.75) is 0 Å². The zero-order valence-electron chi connectivity index (χ0n) is 9.10. The summed E-state index contributed by atoms with van der Waals surface area (Å²) in [6, 6.07) is 14.9. The number of fused-ring (bicyclic) bond motifs is 3. The topological polar surface area (TPSA) is 0 Å². The zero-order chi connectivity index (χ0) is 11.7. The second-order valence-corrected chi connectivity index (χ2v) is 5.17. The highest BCUT2D eigenvalue weighted by Gasteiger charge is 2.03. The van der Waals surface area contributed by atoms with Crippen LogP contribution in [0, 0.1) is 11.8 Å². The Hall–Kier alpha value is -1.43. The van der Waals surface area contributed by atoms with Crippen LogP contribution in [-0.2, 0) is 0 Å². The third-order valence-electron chi connectivity index (χ3n) is 2.69. The maximum atomic E-state index is 4.10. The van der Waals surface area contributed by atoms with E-state index in [1.165, 1.54) is 20.2 Å². The molecule has 0 aliphatic rings. The lowest BCUT2D eigenvalue weighted by atomic mass is 10.1. The largest absolute Gasteiger partial charge is 0.166 e. The smallest absolute Gasteiger partial charge is 0.0521 e. The van der Waals surface area contributed by atoms with Crippen LogP contribution < -0.4 is 0 Å². The molecule has 3 rings (SSSR count). The highest BCUT2D eigenvalue weighted by atomic mass is 32.1. The average Bonchev–Trinajstić information content (AvgIpc) is 2.74. The molecule has 0 spiro atoms. The van der Waals surface area contributed by atoms with Gasteiger partial charge in [0.05, 0.1) is 5.75 Å². The van der Waals surface area contributed by atoms with Crippen LogP contribution in [-0.4, -0.2) is 5.75 Å². The Balaban J connectivity index is 2.30. The first-order chi connectivity index (χ1) is 8.38. The third-order valence-corrected chi connectivity index (χ3v) is 4.00. The van der Waals surface area contributed by atoms with Crippen LogP contribution >= 0.6 is 24.0 Å². The summed E-state index contributed by atoms with van der Waals surface area (Å²) in [7, 11) is 0. The summed E-state index contributed by atoms with van der Waals surface area (Å²) in [5, 5.41) is 2.62. The fourth-order valence-corrected chi connectivity index (χ4v) is 3.11. The molecule has 0 N–H and O–H groups in total. The molecule has 2 heteroatoms. The van der Waals surface area contributed by atoms with E-state index in [1.807, 2.05) is 11.3 Å². The van der Waals surface area contributed by atoms with Crippen LogP contribution in [0.3, 0.4) is 0 Å². The molecule has 0 amide bonds. The molecule has 0 aliphatic carbocycles. The summed E-state index contributed by atoms with van der Waals surface area (Å²) in [4.78, 5) is 0. The molecule has 0 unspecified atom stereocenters. The van der Waals surface area contributed by atoms with Crippen LogP contribution in [0.4, 0.5) is 0 Å². The number of hydrogen-bond donors (Lipinski definition) is 1. The molecule has 0 saturated carbocycles. The first kappa shape index (κ1) is 10.7. The highest BCUT2D eigenvalue weighted by Crippen LogP contribution is 2.33. The van der Waals surface area contributed by atoms with Crippen molar-refractivity contribution in [3.8, 4) is 11.8 Å². The van der Waals surface area contributed by atoms with E-state index in [0.29, 0.717) is 5.75 Å². The lowest BCUT2D eigenvalue weighted by Crippen LogP contribution is -1.74. The van der Waals surface area contributed by atoms with Gasteiger partial charge in [0.25, 0.3) is 0 Å². The van der Waals surface area contributed by atoms with Gasteiger partial charge in [0.1, 0.15) is 0 Å². The summed E-state index contributed by atoms with van der Waals surface area (Å²) >= 11 is 5.93. The molecule has 0 nitrogen and oxygen atoms in total. The molecule has 3 aromatic rings. The molecule has 0 aliphatic heterocycles. The quantitative estimate of drug-likeness (QED) is 0.448. The van der Waals surface area contributed by atoms with Gasteiger partial charge < -0.3 is 0 Å². The molecule has 0 fully saturated rings. The minimum atomic E-state index is 0.600. The van der Waals surface area contributed by atoms with Crippen LogP contribution in [0.5, 0.6) is 0 Å². The first-order valence-corrected chi connectivity index (χ1v) is 6.84. The Kier molecular flexibility index (Phi) is 2.80. The fraction of sp³-hybridized carbons (Fsp3) is 0.0667. The van der Waals surface area contributed by atoms with E-state index in [1.54, 1.807) is 0 Å². The molecule has 1 heterocycles. The Morgan fingerprint density at radius 1 is 1.00 bits per heavy atom. The lowest BCUT2D eigenvalue weighted by molar-refractivity contribution is 1.74. The van der Waals surface area contributed by atoms with Crippen molar-refractivity contribution in [2.75, 3.05) is 5.75 Å². The van der Waals surface area contributed by atoms with Gasteiger partial charge in [-0.05, 0) is 24.3 Å². The Labute approximate surface area is 110 Å². The number of rotatable bonds is 0. The third kappa shape index (κ3) is 1.93. The van der Waals surface area contributed by atoms with Crippen LogP contribution in [0.15, 0.2) is 42.5 Å². The minimum absolute atomic E-state index is 0.600. The van der Waals surface area contributed by atoms with Crippen molar-refractivity contribution in [1.82, 2.24) is 0 Å². The van der Waals surface area contributed by atoms with Gasteiger partial charge in [-0.3, -0.25) is 0 Å². The molecule has 2 aromatic carbocycles. The molecule has 0 atom stereocenters. The highest BCUT2D eigenvalue weighted by molar-refractivity contribution is 7.80. The summed E-state index contributed by atoms with van der Waals surface area (Å²) in [6.45, 7) is 0. The monoisotopic (exact) mass is 254 g/mol. The van der Waals surface area contributed by atoms with Crippen molar-refractivity contribution in [1.29, 1.82) is 0 Å². The molecule has 17 heavy (non-hydrogen) atoms. The van der Waals surface area contributed by atoms with E-state index >= 15 is 0 Å². The predicted octanol–water partition coefficient (Wildman–Crippen LogP) is 4.34. The molecule has 0 radical (unpaired) electrons. The van der Waals surface area contributed by atoms with Gasteiger partial charge in [-0.25, -0.2) is 0 Å². The fourth-order valence-electron chi connectivity index (χ4n) is 1.95. The van der Waals surface area contributed by atoms with Crippen molar-refractivity contribution >= 4 is 44.1 Å². The van der Waals surface area contributed by atoms with E-state index in [0.717, 1.165) is 5.56 Å². The predicted molar refractivity (Wildman–Crippen MR) is 80.1 cm³/mol. The number of thiol groups is 1.